The number of hydrogen-bond donors (Lipinski definition) is 2. The van der Waals surface area contributed by atoms with Crippen molar-refractivity contribution in [3.63, 3.8) is 0 Å². The summed E-state index contributed by atoms with van der Waals surface area (Å²) in [4.78, 5) is 14.3. The minimum absolute atomic E-state index is 0.0313. The van der Waals surface area contributed by atoms with E-state index in [1.807, 2.05) is 6.92 Å². The predicted octanol–water partition coefficient (Wildman–Crippen LogP) is 0.139. The summed E-state index contributed by atoms with van der Waals surface area (Å²) in [6.45, 7) is 1.95. The van der Waals surface area contributed by atoms with E-state index in [1.165, 1.54) is 0 Å². The molecule has 0 atom stereocenters. The van der Waals surface area contributed by atoms with Crippen LogP contribution in [0.15, 0.2) is 0 Å². The van der Waals surface area contributed by atoms with Crippen molar-refractivity contribution in [3.05, 3.63) is 0 Å². The average Bonchev–Trinajstić information content (AvgIpc) is 2.48. The Kier molecular flexibility index (Phi) is 1.32. The number of nitrogens with two attached hydrogens (primary N) is 1. The molecule has 9 heavy (non-hydrogen) atoms. The van der Waals surface area contributed by atoms with Crippen LogP contribution in [0.25, 0.3) is 0 Å². The number of nitrogens with one attached hydrogen (secondary N) is 1. The standard InChI is InChI=1S/C5H10N2O2/c1-5(2-3-5)7-4(8)9-6/h2-3,6H2,1H3,(H,7,8). The van der Waals surface area contributed by atoms with Crippen LogP contribution in [-0.2, 0) is 4.84 Å². The molecule has 3 N–H and O–H groups in total. The number of amides is 1. The van der Waals surface area contributed by atoms with Crippen LogP contribution < -0.4 is 11.2 Å². The zero-order valence-corrected chi connectivity index (χ0v) is 5.31. The molecule has 0 spiro atoms. The maximum atomic E-state index is 10.4. The first-order valence-electron chi connectivity index (χ1n) is 2.85. The quantitative estimate of drug-likeness (QED) is 0.496. The monoisotopic (exact) mass is 130 g/mol. The largest absolute Gasteiger partial charge is 0.426 e. The molecule has 0 aromatic rings. The Hall–Kier alpha value is -0.770. The topological polar surface area (TPSA) is 64.3 Å². The molecule has 0 bridgehead atoms. The van der Waals surface area contributed by atoms with E-state index in [2.05, 4.69) is 16.1 Å². The van der Waals surface area contributed by atoms with Gasteiger partial charge < -0.3 is 10.2 Å². The summed E-state index contributed by atoms with van der Waals surface area (Å²) in [7, 11) is 0. The van der Waals surface area contributed by atoms with Gasteiger partial charge in [0.05, 0.1) is 0 Å². The molecule has 1 amide bonds. The van der Waals surface area contributed by atoms with Crippen LogP contribution in [0.4, 0.5) is 4.79 Å². The van der Waals surface area contributed by atoms with Gasteiger partial charge in [0, 0.05) is 5.54 Å². The van der Waals surface area contributed by atoms with Crippen molar-refractivity contribution < 1.29 is 9.63 Å². The normalized spacial score (nSPS) is 20.7. The number of carbonyl (C=O) groups is 1. The first kappa shape index (κ1) is 6.35. The summed E-state index contributed by atoms with van der Waals surface area (Å²) >= 11 is 0. The highest BCUT2D eigenvalue weighted by Gasteiger charge is 2.39. The van der Waals surface area contributed by atoms with Gasteiger partial charge in [-0.25, -0.2) is 4.79 Å². The Bertz CT molecular complexity index is 131. The maximum Gasteiger partial charge on any atom is 0.426 e. The van der Waals surface area contributed by atoms with Gasteiger partial charge in [0.15, 0.2) is 0 Å². The molecule has 0 aromatic carbocycles. The number of rotatable bonds is 1. The van der Waals surface area contributed by atoms with Gasteiger partial charge >= 0.3 is 6.09 Å². The zero-order valence-electron chi connectivity index (χ0n) is 5.31. The summed E-state index contributed by atoms with van der Waals surface area (Å²) in [5.74, 6) is 4.59. The lowest BCUT2D eigenvalue weighted by Gasteiger charge is -2.07. The summed E-state index contributed by atoms with van der Waals surface area (Å²) in [5.41, 5.74) is -0.0313. The van der Waals surface area contributed by atoms with Crippen molar-refractivity contribution >= 4 is 6.09 Å². The third-order valence-corrected chi connectivity index (χ3v) is 1.51. The molecule has 0 heterocycles. The Balaban J connectivity index is 2.25. The fraction of sp³-hybridized carbons (Fsp3) is 0.800. The first-order chi connectivity index (χ1) is 4.16. The summed E-state index contributed by atoms with van der Waals surface area (Å²) < 4.78 is 0. The van der Waals surface area contributed by atoms with Crippen LogP contribution in [0.1, 0.15) is 19.8 Å². The highest BCUT2D eigenvalue weighted by Crippen LogP contribution is 2.34. The van der Waals surface area contributed by atoms with Crippen LogP contribution in [0.3, 0.4) is 0 Å². The smallest absolute Gasteiger partial charge is 0.357 e. The van der Waals surface area contributed by atoms with Gasteiger partial charge in [0.1, 0.15) is 0 Å². The van der Waals surface area contributed by atoms with Crippen LogP contribution in [0, 0.1) is 0 Å². The van der Waals surface area contributed by atoms with Gasteiger partial charge in [0.25, 0.3) is 0 Å². The van der Waals surface area contributed by atoms with E-state index in [-0.39, 0.29) is 5.54 Å². The molecule has 0 aromatic heterocycles. The molecule has 1 fully saturated rings. The molecule has 52 valence electrons. The fourth-order valence-corrected chi connectivity index (χ4v) is 0.588. The lowest BCUT2D eigenvalue weighted by Crippen LogP contribution is -2.35. The minimum atomic E-state index is -0.546. The number of carbonyl (C=O) groups excluding carboxylic acids is 1. The van der Waals surface area contributed by atoms with Crippen molar-refractivity contribution in [2.75, 3.05) is 0 Å². The van der Waals surface area contributed by atoms with Crippen molar-refractivity contribution in [1.82, 2.24) is 5.32 Å². The van der Waals surface area contributed by atoms with Crippen LogP contribution in [0.2, 0.25) is 0 Å². The molecule has 4 nitrogen and oxygen atoms in total. The molecule has 1 rings (SSSR count). The predicted molar refractivity (Wildman–Crippen MR) is 31.4 cm³/mol. The molecule has 0 saturated heterocycles. The Morgan fingerprint density at radius 3 is 2.67 bits per heavy atom. The van der Waals surface area contributed by atoms with Gasteiger partial charge in [0.2, 0.25) is 0 Å². The lowest BCUT2D eigenvalue weighted by atomic mass is 10.3. The van der Waals surface area contributed by atoms with Crippen LogP contribution in [-0.4, -0.2) is 11.6 Å². The number of hydrogen-bond acceptors (Lipinski definition) is 3. The van der Waals surface area contributed by atoms with Gasteiger partial charge in [-0.3, -0.25) is 0 Å². The second-order valence-corrected chi connectivity index (χ2v) is 2.59. The van der Waals surface area contributed by atoms with Crippen molar-refractivity contribution in [2.45, 2.75) is 25.3 Å². The maximum absolute atomic E-state index is 10.4. The molecule has 4 heteroatoms. The molecule has 1 aliphatic rings. The second kappa shape index (κ2) is 1.88. The van der Waals surface area contributed by atoms with E-state index in [0.29, 0.717) is 0 Å². The Morgan fingerprint density at radius 2 is 2.33 bits per heavy atom. The van der Waals surface area contributed by atoms with Gasteiger partial charge in [-0.1, -0.05) is 0 Å². The SMILES string of the molecule is CC1(NC(=O)ON)CC1. The third kappa shape index (κ3) is 1.57. The van der Waals surface area contributed by atoms with Crippen molar-refractivity contribution in [2.24, 2.45) is 5.90 Å². The van der Waals surface area contributed by atoms with Gasteiger partial charge in [-0.15, -0.1) is 0 Å². The highest BCUT2D eigenvalue weighted by molar-refractivity contribution is 5.68. The van der Waals surface area contributed by atoms with E-state index >= 15 is 0 Å². The summed E-state index contributed by atoms with van der Waals surface area (Å²) in [6, 6.07) is 0. The van der Waals surface area contributed by atoms with E-state index in [9.17, 15) is 4.79 Å². The second-order valence-electron chi connectivity index (χ2n) is 2.59. The molecular formula is C5H10N2O2. The van der Waals surface area contributed by atoms with Crippen molar-refractivity contribution in [1.29, 1.82) is 0 Å². The molecule has 0 aliphatic heterocycles. The van der Waals surface area contributed by atoms with Gasteiger partial charge in [-0.2, -0.15) is 5.90 Å². The van der Waals surface area contributed by atoms with Crippen LogP contribution >= 0.6 is 0 Å². The fourth-order valence-electron chi connectivity index (χ4n) is 0.588. The van der Waals surface area contributed by atoms with Gasteiger partial charge in [-0.05, 0) is 19.8 Å². The lowest BCUT2D eigenvalue weighted by molar-refractivity contribution is 0.143. The zero-order chi connectivity index (χ0) is 6.91. The molecule has 1 aliphatic carbocycles. The first-order valence-corrected chi connectivity index (χ1v) is 2.85. The Labute approximate surface area is 53.3 Å². The third-order valence-electron chi connectivity index (χ3n) is 1.51. The van der Waals surface area contributed by atoms with E-state index in [0.717, 1.165) is 12.8 Å². The molecule has 1 saturated carbocycles. The highest BCUT2D eigenvalue weighted by atomic mass is 16.7. The Morgan fingerprint density at radius 1 is 1.78 bits per heavy atom. The molecular weight excluding hydrogens is 120 g/mol. The minimum Gasteiger partial charge on any atom is -0.357 e. The molecule has 0 radical (unpaired) electrons. The van der Waals surface area contributed by atoms with E-state index in [1.54, 1.807) is 0 Å². The average molecular weight is 130 g/mol. The summed E-state index contributed by atoms with van der Waals surface area (Å²) in [5, 5.41) is 2.59. The van der Waals surface area contributed by atoms with Crippen molar-refractivity contribution in [3.8, 4) is 0 Å². The van der Waals surface area contributed by atoms with Crippen LogP contribution in [0.5, 0.6) is 0 Å². The molecule has 0 unspecified atom stereocenters. The summed E-state index contributed by atoms with van der Waals surface area (Å²) in [6.07, 6.45) is 1.49. The van der Waals surface area contributed by atoms with E-state index in [4.69, 9.17) is 0 Å². The van der Waals surface area contributed by atoms with E-state index < -0.39 is 6.09 Å².